The third-order valence-corrected chi connectivity index (χ3v) is 1.46. The zero-order valence-corrected chi connectivity index (χ0v) is 7.20. The summed E-state index contributed by atoms with van der Waals surface area (Å²) in [4.78, 5) is 0. The van der Waals surface area contributed by atoms with Gasteiger partial charge in [-0.3, -0.25) is 0 Å². The van der Waals surface area contributed by atoms with Gasteiger partial charge in [0.05, 0.1) is 7.11 Å². The summed E-state index contributed by atoms with van der Waals surface area (Å²) < 4.78 is 34.7. The van der Waals surface area contributed by atoms with E-state index in [4.69, 9.17) is 10.0 Å². The van der Waals surface area contributed by atoms with Gasteiger partial charge in [-0.25, -0.2) is 4.39 Å². The van der Waals surface area contributed by atoms with Crippen molar-refractivity contribution in [1.82, 2.24) is 0 Å². The van der Waals surface area contributed by atoms with E-state index in [1.807, 2.05) is 0 Å². The van der Waals surface area contributed by atoms with E-state index >= 15 is 0 Å². The van der Waals surface area contributed by atoms with Crippen molar-refractivity contribution in [2.45, 2.75) is 0 Å². The van der Waals surface area contributed by atoms with E-state index in [9.17, 15) is 8.78 Å². The van der Waals surface area contributed by atoms with E-state index in [0.717, 1.165) is 12.1 Å². The Morgan fingerprint density at radius 2 is 1.93 bits per heavy atom. The van der Waals surface area contributed by atoms with Crippen LogP contribution >= 0.6 is 0 Å². The second-order valence-electron chi connectivity index (χ2n) is 2.34. The zero-order chi connectivity index (χ0) is 10.7. The molecule has 0 atom stereocenters. The Labute approximate surface area is 78.9 Å². The summed E-state index contributed by atoms with van der Waals surface area (Å²) >= 11 is 0. The molecular formula is C7H7BF2O4. The number of hydrogen-bond acceptors (Lipinski definition) is 4. The smallest absolute Gasteiger partial charge is 0.507 e. The van der Waals surface area contributed by atoms with Gasteiger partial charge >= 0.3 is 7.32 Å². The first kappa shape index (κ1) is 10.7. The highest BCUT2D eigenvalue weighted by atomic mass is 19.1. The van der Waals surface area contributed by atoms with Crippen LogP contribution in [-0.2, 0) is 0 Å². The van der Waals surface area contributed by atoms with E-state index in [0.29, 0.717) is 0 Å². The van der Waals surface area contributed by atoms with Crippen LogP contribution in [0.4, 0.5) is 8.78 Å². The lowest BCUT2D eigenvalue weighted by Crippen LogP contribution is -2.22. The minimum atomic E-state index is -2.29. The lowest BCUT2D eigenvalue weighted by Gasteiger charge is -2.09. The Morgan fingerprint density at radius 1 is 1.29 bits per heavy atom. The highest BCUT2D eigenvalue weighted by Gasteiger charge is 2.21. The maximum atomic E-state index is 13.2. The molecule has 0 aliphatic rings. The average Bonchev–Trinajstić information content (AvgIpc) is 2.12. The third kappa shape index (κ3) is 2.12. The highest BCUT2D eigenvalue weighted by molar-refractivity contribution is 6.33. The molecule has 0 heterocycles. The molecule has 2 N–H and O–H groups in total. The summed E-state index contributed by atoms with van der Waals surface area (Å²) in [6.45, 7) is 0. The van der Waals surface area contributed by atoms with Crippen molar-refractivity contribution < 1.29 is 28.2 Å². The molecule has 0 aliphatic carbocycles. The van der Waals surface area contributed by atoms with E-state index in [-0.39, 0.29) is 5.75 Å². The molecule has 1 rings (SSSR count). The van der Waals surface area contributed by atoms with Crippen molar-refractivity contribution in [2.24, 2.45) is 0 Å². The van der Waals surface area contributed by atoms with Gasteiger partial charge in [-0.2, -0.15) is 4.39 Å². The minimum Gasteiger partial charge on any atom is -0.507 e. The van der Waals surface area contributed by atoms with Gasteiger partial charge in [-0.1, -0.05) is 0 Å². The van der Waals surface area contributed by atoms with Gasteiger partial charge in [0.25, 0.3) is 0 Å². The molecule has 76 valence electrons. The van der Waals surface area contributed by atoms with Crippen molar-refractivity contribution in [3.05, 3.63) is 23.8 Å². The molecule has 0 aliphatic heterocycles. The lowest BCUT2D eigenvalue weighted by atomic mass is 10.2. The van der Waals surface area contributed by atoms with Crippen molar-refractivity contribution in [2.75, 3.05) is 7.11 Å². The minimum absolute atomic E-state index is 0.248. The fourth-order valence-corrected chi connectivity index (χ4v) is 0.886. The molecule has 14 heavy (non-hydrogen) atoms. The van der Waals surface area contributed by atoms with Gasteiger partial charge < -0.3 is 19.4 Å². The second-order valence-corrected chi connectivity index (χ2v) is 2.34. The molecule has 1 aromatic rings. The molecule has 1 aromatic carbocycles. The summed E-state index contributed by atoms with van der Waals surface area (Å²) in [5.74, 6) is -3.31. The monoisotopic (exact) mass is 204 g/mol. The summed E-state index contributed by atoms with van der Waals surface area (Å²) in [5.41, 5.74) is 0. The number of methoxy groups -OCH3 is 1. The SMILES string of the molecule is COc1ccc(F)c(OB(O)O)c1F. The first-order chi connectivity index (χ1) is 6.56. The Bertz CT molecular complexity index is 332. The second kappa shape index (κ2) is 4.25. The molecule has 0 unspecified atom stereocenters. The Balaban J connectivity index is 3.11. The Hall–Kier alpha value is -1.34. The van der Waals surface area contributed by atoms with Gasteiger partial charge in [0.15, 0.2) is 17.3 Å². The lowest BCUT2D eigenvalue weighted by molar-refractivity contribution is 0.270. The van der Waals surface area contributed by atoms with Crippen LogP contribution in [0.25, 0.3) is 0 Å². The summed E-state index contributed by atoms with van der Waals surface area (Å²) in [6.07, 6.45) is 0. The fraction of sp³-hybridized carbons (Fsp3) is 0.143. The van der Waals surface area contributed by atoms with Crippen molar-refractivity contribution >= 4 is 7.32 Å². The van der Waals surface area contributed by atoms with Crippen molar-refractivity contribution in [1.29, 1.82) is 0 Å². The highest BCUT2D eigenvalue weighted by Crippen LogP contribution is 2.29. The van der Waals surface area contributed by atoms with Gasteiger partial charge in [-0.15, -0.1) is 0 Å². The Morgan fingerprint density at radius 3 is 2.43 bits per heavy atom. The van der Waals surface area contributed by atoms with Crippen LogP contribution in [0, 0.1) is 11.6 Å². The van der Waals surface area contributed by atoms with Crippen LogP contribution in [0.2, 0.25) is 0 Å². The predicted molar refractivity (Wildman–Crippen MR) is 43.7 cm³/mol. The summed E-state index contributed by atoms with van der Waals surface area (Å²) in [6, 6.07) is 1.95. The normalized spacial score (nSPS) is 9.79. The molecule has 0 bridgehead atoms. The molecular weight excluding hydrogens is 197 g/mol. The number of rotatable bonds is 3. The van der Waals surface area contributed by atoms with Crippen LogP contribution in [0.1, 0.15) is 0 Å². The van der Waals surface area contributed by atoms with Crippen molar-refractivity contribution in [3.63, 3.8) is 0 Å². The molecule has 0 aromatic heterocycles. The first-order valence-corrected chi connectivity index (χ1v) is 3.61. The molecule has 0 spiro atoms. The van der Waals surface area contributed by atoms with E-state index in [1.54, 1.807) is 0 Å². The fourth-order valence-electron chi connectivity index (χ4n) is 0.886. The van der Waals surface area contributed by atoms with E-state index < -0.39 is 24.7 Å². The molecule has 0 saturated carbocycles. The average molecular weight is 204 g/mol. The van der Waals surface area contributed by atoms with Crippen LogP contribution < -0.4 is 9.39 Å². The summed E-state index contributed by atoms with van der Waals surface area (Å²) in [7, 11) is -1.10. The molecule has 4 nitrogen and oxygen atoms in total. The maximum absolute atomic E-state index is 13.2. The number of ether oxygens (including phenoxy) is 1. The van der Waals surface area contributed by atoms with Gasteiger partial charge in [-0.05, 0) is 12.1 Å². The molecule has 0 amide bonds. The largest absolute Gasteiger partial charge is 0.707 e. The zero-order valence-electron chi connectivity index (χ0n) is 7.20. The molecule has 0 radical (unpaired) electrons. The standard InChI is InChI=1S/C7H7BF2O4/c1-13-5-3-2-4(9)7(6(5)10)14-8(11)12/h2-3,11-12H,1H3. The predicted octanol–water partition coefficient (Wildman–Crippen LogP) is 0.322. The summed E-state index contributed by atoms with van der Waals surface area (Å²) in [5, 5.41) is 16.8. The molecule has 7 heteroatoms. The quantitative estimate of drug-likeness (QED) is 0.696. The number of hydrogen-bond donors (Lipinski definition) is 2. The van der Waals surface area contributed by atoms with Crippen LogP contribution in [-0.4, -0.2) is 24.5 Å². The van der Waals surface area contributed by atoms with Gasteiger partial charge in [0, 0.05) is 0 Å². The van der Waals surface area contributed by atoms with Crippen LogP contribution in [0.15, 0.2) is 12.1 Å². The number of benzene rings is 1. The van der Waals surface area contributed by atoms with E-state index in [2.05, 4.69) is 9.39 Å². The number of halogens is 2. The molecule has 0 saturated heterocycles. The van der Waals surface area contributed by atoms with E-state index in [1.165, 1.54) is 7.11 Å². The van der Waals surface area contributed by atoms with Gasteiger partial charge in [0.2, 0.25) is 5.82 Å². The first-order valence-electron chi connectivity index (χ1n) is 3.61. The van der Waals surface area contributed by atoms with Crippen LogP contribution in [0.5, 0.6) is 11.5 Å². The van der Waals surface area contributed by atoms with Gasteiger partial charge in [0.1, 0.15) is 0 Å². The topological polar surface area (TPSA) is 58.9 Å². The molecule has 0 fully saturated rings. The maximum Gasteiger partial charge on any atom is 0.707 e. The van der Waals surface area contributed by atoms with Crippen LogP contribution in [0.3, 0.4) is 0 Å². The van der Waals surface area contributed by atoms with Crippen molar-refractivity contribution in [3.8, 4) is 11.5 Å². The third-order valence-electron chi connectivity index (χ3n) is 1.46. The Kier molecular flexibility index (Phi) is 3.26.